The van der Waals surface area contributed by atoms with Crippen molar-refractivity contribution >= 4 is 23.4 Å². The molecule has 150 valence electrons. The molecule has 0 bridgehead atoms. The first-order valence-corrected chi connectivity index (χ1v) is 10.7. The second kappa shape index (κ2) is 9.66. The molecule has 3 aromatic rings. The summed E-state index contributed by atoms with van der Waals surface area (Å²) in [7, 11) is 0. The first-order chi connectivity index (χ1) is 13.9. The van der Waals surface area contributed by atoms with E-state index < -0.39 is 6.10 Å². The zero-order chi connectivity index (χ0) is 20.8. The van der Waals surface area contributed by atoms with E-state index in [0.717, 1.165) is 33.9 Å². The second-order valence-electron chi connectivity index (χ2n) is 7.27. The Morgan fingerprint density at radius 3 is 2.45 bits per heavy atom. The normalized spacial score (nSPS) is 11.7. The van der Waals surface area contributed by atoms with Gasteiger partial charge in [0.2, 0.25) is 0 Å². The van der Waals surface area contributed by atoms with Gasteiger partial charge in [-0.3, -0.25) is 4.79 Å². The Bertz CT molecular complexity index is 985. The molecule has 3 aromatic carbocycles. The highest BCUT2D eigenvalue weighted by Crippen LogP contribution is 2.25. The number of hydrogen-bond acceptors (Lipinski definition) is 3. The molecule has 0 saturated heterocycles. The maximum absolute atomic E-state index is 12.6. The molecule has 0 fully saturated rings. The quantitative estimate of drug-likeness (QED) is 0.468. The van der Waals surface area contributed by atoms with Crippen molar-refractivity contribution in [3.05, 3.63) is 89.0 Å². The number of carbonyl (C=O) groups excluding carboxylic acids is 1. The molecule has 0 aromatic heterocycles. The van der Waals surface area contributed by atoms with Crippen molar-refractivity contribution in [2.24, 2.45) is 0 Å². The molecule has 0 spiro atoms. The fraction of sp³-hybridized carbons (Fsp3) is 0.240. The molecule has 0 unspecified atom stereocenters. The summed E-state index contributed by atoms with van der Waals surface area (Å²) in [4.78, 5) is 13.9. The zero-order valence-electron chi connectivity index (χ0n) is 17.4. The van der Waals surface area contributed by atoms with E-state index >= 15 is 0 Å². The van der Waals surface area contributed by atoms with E-state index in [9.17, 15) is 4.79 Å². The molecule has 0 radical (unpaired) electrons. The number of aryl methyl sites for hydroxylation is 3. The Labute approximate surface area is 177 Å². The molecule has 0 aliphatic carbocycles. The molecule has 0 aliphatic heterocycles. The molecular formula is C25H27NO2S. The number of hydrogen-bond donors (Lipinski definition) is 1. The highest BCUT2D eigenvalue weighted by molar-refractivity contribution is 7.98. The molecule has 3 rings (SSSR count). The SMILES string of the molecule is Cc1ccc(C)c(O[C@H](C)C(=O)Nc2ccc(CSc3ccccc3)cc2C)c1. The zero-order valence-corrected chi connectivity index (χ0v) is 18.2. The first kappa shape index (κ1) is 21.0. The van der Waals surface area contributed by atoms with E-state index in [1.165, 1.54) is 10.5 Å². The molecule has 0 saturated carbocycles. The van der Waals surface area contributed by atoms with Gasteiger partial charge >= 0.3 is 0 Å². The number of nitrogens with one attached hydrogen (secondary N) is 1. The highest BCUT2D eigenvalue weighted by atomic mass is 32.2. The Morgan fingerprint density at radius 2 is 1.72 bits per heavy atom. The number of benzene rings is 3. The average molecular weight is 406 g/mol. The van der Waals surface area contributed by atoms with E-state index in [2.05, 4.69) is 29.6 Å². The van der Waals surface area contributed by atoms with Crippen molar-refractivity contribution in [3.63, 3.8) is 0 Å². The van der Waals surface area contributed by atoms with Gasteiger partial charge < -0.3 is 10.1 Å². The number of rotatable bonds is 7. The molecule has 29 heavy (non-hydrogen) atoms. The lowest BCUT2D eigenvalue weighted by Crippen LogP contribution is -2.30. The standard InChI is InChI=1S/C25H27NO2S/c1-17-10-11-18(2)24(14-17)28-20(4)25(27)26-23-13-12-21(15-19(23)3)16-29-22-8-6-5-7-9-22/h5-15,20H,16H2,1-4H3,(H,26,27)/t20-/m1/s1. The summed E-state index contributed by atoms with van der Waals surface area (Å²) in [5.41, 5.74) is 5.22. The van der Waals surface area contributed by atoms with Crippen LogP contribution in [0.4, 0.5) is 5.69 Å². The van der Waals surface area contributed by atoms with Gasteiger partial charge in [-0.15, -0.1) is 11.8 Å². The number of ether oxygens (including phenoxy) is 1. The summed E-state index contributed by atoms with van der Waals surface area (Å²) in [6.07, 6.45) is -0.580. The van der Waals surface area contributed by atoms with Crippen LogP contribution in [0.1, 0.15) is 29.2 Å². The summed E-state index contributed by atoms with van der Waals surface area (Å²) in [6.45, 7) is 7.79. The van der Waals surface area contributed by atoms with E-state index in [0.29, 0.717) is 0 Å². The van der Waals surface area contributed by atoms with Gasteiger partial charge in [0, 0.05) is 16.3 Å². The summed E-state index contributed by atoms with van der Waals surface area (Å²) in [5, 5.41) is 2.99. The van der Waals surface area contributed by atoms with Gasteiger partial charge in [0.25, 0.3) is 5.91 Å². The summed E-state index contributed by atoms with van der Waals surface area (Å²) in [5.74, 6) is 1.49. The third kappa shape index (κ3) is 5.88. The molecule has 0 aliphatic rings. The van der Waals surface area contributed by atoms with E-state index in [4.69, 9.17) is 4.74 Å². The number of anilines is 1. The Morgan fingerprint density at radius 1 is 0.966 bits per heavy atom. The van der Waals surface area contributed by atoms with Gasteiger partial charge in [-0.05, 0) is 74.2 Å². The molecule has 0 heterocycles. The lowest BCUT2D eigenvalue weighted by atomic mass is 10.1. The van der Waals surface area contributed by atoms with E-state index in [-0.39, 0.29) is 5.91 Å². The van der Waals surface area contributed by atoms with Gasteiger partial charge in [0.05, 0.1) is 0 Å². The molecule has 4 heteroatoms. The van der Waals surface area contributed by atoms with Crippen molar-refractivity contribution < 1.29 is 9.53 Å². The van der Waals surface area contributed by atoms with Crippen molar-refractivity contribution in [1.29, 1.82) is 0 Å². The van der Waals surface area contributed by atoms with Crippen LogP contribution in [0.2, 0.25) is 0 Å². The fourth-order valence-corrected chi connectivity index (χ4v) is 3.81. The minimum Gasteiger partial charge on any atom is -0.481 e. The lowest BCUT2D eigenvalue weighted by Gasteiger charge is -2.18. The Kier molecular flexibility index (Phi) is 6.99. The predicted octanol–water partition coefficient (Wildman–Crippen LogP) is 6.31. The highest BCUT2D eigenvalue weighted by Gasteiger charge is 2.17. The minimum atomic E-state index is -0.580. The number of carbonyl (C=O) groups is 1. The first-order valence-electron chi connectivity index (χ1n) is 9.74. The van der Waals surface area contributed by atoms with E-state index in [1.54, 1.807) is 18.7 Å². The third-order valence-corrected chi connectivity index (χ3v) is 5.80. The van der Waals surface area contributed by atoms with Gasteiger partial charge in [0.1, 0.15) is 5.75 Å². The van der Waals surface area contributed by atoms with Crippen LogP contribution in [-0.2, 0) is 10.5 Å². The summed E-state index contributed by atoms with van der Waals surface area (Å²) in [6, 6.07) is 22.5. The third-order valence-electron chi connectivity index (χ3n) is 4.71. The van der Waals surface area contributed by atoms with Gasteiger partial charge in [-0.25, -0.2) is 0 Å². The average Bonchev–Trinajstić information content (AvgIpc) is 2.71. The predicted molar refractivity (Wildman–Crippen MR) is 122 cm³/mol. The van der Waals surface area contributed by atoms with Crippen LogP contribution >= 0.6 is 11.8 Å². The second-order valence-corrected chi connectivity index (χ2v) is 8.32. The maximum atomic E-state index is 12.6. The summed E-state index contributed by atoms with van der Waals surface area (Å²) >= 11 is 1.80. The summed E-state index contributed by atoms with van der Waals surface area (Å²) < 4.78 is 5.90. The van der Waals surface area contributed by atoms with Crippen LogP contribution in [0.25, 0.3) is 0 Å². The van der Waals surface area contributed by atoms with Crippen molar-refractivity contribution in [2.45, 2.75) is 44.4 Å². The van der Waals surface area contributed by atoms with Crippen LogP contribution in [0.3, 0.4) is 0 Å². The van der Waals surface area contributed by atoms with Crippen LogP contribution in [0, 0.1) is 20.8 Å². The van der Waals surface area contributed by atoms with Crippen LogP contribution in [-0.4, -0.2) is 12.0 Å². The number of amides is 1. The Balaban J connectivity index is 1.60. The number of thioether (sulfide) groups is 1. The van der Waals surface area contributed by atoms with Gasteiger partial charge in [-0.2, -0.15) is 0 Å². The van der Waals surface area contributed by atoms with Crippen molar-refractivity contribution in [2.75, 3.05) is 5.32 Å². The smallest absolute Gasteiger partial charge is 0.265 e. The molecular weight excluding hydrogens is 378 g/mol. The Hall–Kier alpha value is -2.72. The largest absolute Gasteiger partial charge is 0.481 e. The molecule has 1 atom stereocenters. The minimum absolute atomic E-state index is 0.152. The molecule has 1 N–H and O–H groups in total. The van der Waals surface area contributed by atoms with Crippen LogP contribution in [0.15, 0.2) is 71.6 Å². The van der Waals surface area contributed by atoms with Crippen molar-refractivity contribution in [1.82, 2.24) is 0 Å². The van der Waals surface area contributed by atoms with Gasteiger partial charge in [0.15, 0.2) is 6.10 Å². The van der Waals surface area contributed by atoms with Crippen LogP contribution in [0.5, 0.6) is 5.75 Å². The topological polar surface area (TPSA) is 38.3 Å². The van der Waals surface area contributed by atoms with Gasteiger partial charge in [-0.1, -0.05) is 42.5 Å². The molecule has 3 nitrogen and oxygen atoms in total. The maximum Gasteiger partial charge on any atom is 0.265 e. The van der Waals surface area contributed by atoms with Crippen molar-refractivity contribution in [3.8, 4) is 5.75 Å². The fourth-order valence-electron chi connectivity index (χ4n) is 2.95. The molecule has 1 amide bonds. The monoisotopic (exact) mass is 405 g/mol. The van der Waals surface area contributed by atoms with E-state index in [1.807, 2.05) is 63.2 Å². The lowest BCUT2D eigenvalue weighted by molar-refractivity contribution is -0.122. The van der Waals surface area contributed by atoms with Crippen LogP contribution < -0.4 is 10.1 Å².